The Bertz CT molecular complexity index is 944. The Morgan fingerprint density at radius 2 is 1.42 bits per heavy atom. The highest BCUT2D eigenvalue weighted by molar-refractivity contribution is 8.01. The first-order valence-corrected chi connectivity index (χ1v) is 9.92. The standard InChI is InChI=1S/C15H13N3O6S2/c19-17(20)12-3-1-11(2-4-12)15-16(9-10-25-15)26(23,24)14-7-5-13(6-8-14)18(21)22/h1-8,15H,9-10H2/t15-/m0/s1. The average molecular weight is 395 g/mol. The van der Waals surface area contributed by atoms with Gasteiger partial charge in [-0.2, -0.15) is 4.31 Å². The van der Waals surface area contributed by atoms with E-state index < -0.39 is 25.2 Å². The lowest BCUT2D eigenvalue weighted by atomic mass is 10.2. The van der Waals surface area contributed by atoms with E-state index in [0.29, 0.717) is 11.3 Å². The van der Waals surface area contributed by atoms with E-state index >= 15 is 0 Å². The molecule has 2 aromatic rings. The molecule has 0 spiro atoms. The molecule has 9 nitrogen and oxygen atoms in total. The summed E-state index contributed by atoms with van der Waals surface area (Å²) < 4.78 is 27.1. The van der Waals surface area contributed by atoms with Crippen molar-refractivity contribution in [2.45, 2.75) is 10.3 Å². The van der Waals surface area contributed by atoms with Crippen molar-refractivity contribution in [3.8, 4) is 0 Å². The van der Waals surface area contributed by atoms with Crippen LogP contribution in [0.15, 0.2) is 53.4 Å². The van der Waals surface area contributed by atoms with E-state index in [4.69, 9.17) is 0 Å². The average Bonchev–Trinajstić information content (AvgIpc) is 3.12. The molecule has 26 heavy (non-hydrogen) atoms. The molecule has 11 heteroatoms. The van der Waals surface area contributed by atoms with Crippen LogP contribution in [0.3, 0.4) is 0 Å². The van der Waals surface area contributed by atoms with Gasteiger partial charge in [-0.15, -0.1) is 11.8 Å². The number of benzene rings is 2. The van der Waals surface area contributed by atoms with Crippen molar-refractivity contribution in [2.75, 3.05) is 12.3 Å². The molecule has 1 aliphatic rings. The van der Waals surface area contributed by atoms with Crippen molar-refractivity contribution in [3.63, 3.8) is 0 Å². The Morgan fingerprint density at radius 1 is 0.923 bits per heavy atom. The second-order valence-electron chi connectivity index (χ2n) is 5.44. The highest BCUT2D eigenvalue weighted by Crippen LogP contribution is 2.41. The van der Waals surface area contributed by atoms with Crippen LogP contribution >= 0.6 is 11.8 Å². The Morgan fingerprint density at radius 3 is 1.92 bits per heavy atom. The second-order valence-corrected chi connectivity index (χ2v) is 8.52. The zero-order chi connectivity index (χ0) is 18.9. The van der Waals surface area contributed by atoms with Crippen LogP contribution in [-0.4, -0.2) is 34.9 Å². The van der Waals surface area contributed by atoms with Gasteiger partial charge in [-0.1, -0.05) is 0 Å². The predicted molar refractivity (Wildman–Crippen MR) is 95.3 cm³/mol. The lowest BCUT2D eigenvalue weighted by Crippen LogP contribution is -2.30. The highest BCUT2D eigenvalue weighted by Gasteiger charge is 2.37. The Balaban J connectivity index is 1.90. The fourth-order valence-corrected chi connectivity index (χ4v) is 5.84. The summed E-state index contributed by atoms with van der Waals surface area (Å²) in [7, 11) is -3.85. The van der Waals surface area contributed by atoms with E-state index in [9.17, 15) is 28.6 Å². The summed E-state index contributed by atoms with van der Waals surface area (Å²) in [5, 5.41) is 21.0. The van der Waals surface area contributed by atoms with Crippen LogP contribution in [0.25, 0.3) is 0 Å². The molecule has 2 aromatic carbocycles. The summed E-state index contributed by atoms with van der Waals surface area (Å²) in [5.41, 5.74) is 0.386. The van der Waals surface area contributed by atoms with Gasteiger partial charge >= 0.3 is 0 Å². The van der Waals surface area contributed by atoms with Crippen molar-refractivity contribution in [3.05, 3.63) is 74.3 Å². The first-order valence-electron chi connectivity index (χ1n) is 7.43. The number of hydrogen-bond donors (Lipinski definition) is 0. The molecule has 0 aromatic heterocycles. The van der Waals surface area contributed by atoms with Crippen molar-refractivity contribution in [1.29, 1.82) is 0 Å². The van der Waals surface area contributed by atoms with Crippen LogP contribution in [0.5, 0.6) is 0 Å². The highest BCUT2D eigenvalue weighted by atomic mass is 32.2. The monoisotopic (exact) mass is 395 g/mol. The molecule has 0 aliphatic carbocycles. The third-order valence-corrected chi connectivity index (χ3v) is 7.16. The summed E-state index contributed by atoms with van der Waals surface area (Å²) >= 11 is 1.42. The van der Waals surface area contributed by atoms with Crippen LogP contribution < -0.4 is 0 Å². The molecule has 1 heterocycles. The summed E-state index contributed by atoms with van der Waals surface area (Å²) in [5.74, 6) is 0.577. The second kappa shape index (κ2) is 7.02. The van der Waals surface area contributed by atoms with Crippen molar-refractivity contribution < 1.29 is 18.3 Å². The number of thioether (sulfide) groups is 1. The molecular weight excluding hydrogens is 382 g/mol. The van der Waals surface area contributed by atoms with Gasteiger partial charge in [0.15, 0.2) is 0 Å². The third-order valence-electron chi connectivity index (χ3n) is 3.89. The lowest BCUT2D eigenvalue weighted by Gasteiger charge is -2.23. The normalized spacial score (nSPS) is 17.9. The number of sulfonamides is 1. The number of non-ortho nitro benzene ring substituents is 2. The van der Waals surface area contributed by atoms with Crippen LogP contribution in [0.2, 0.25) is 0 Å². The van der Waals surface area contributed by atoms with Crippen molar-refractivity contribution in [2.24, 2.45) is 0 Å². The van der Waals surface area contributed by atoms with E-state index in [-0.39, 0.29) is 22.8 Å². The number of nitro benzene ring substituents is 2. The maximum atomic E-state index is 12.9. The SMILES string of the molecule is O=[N+]([O-])c1ccc([C@@H]2SCCN2S(=O)(=O)c2ccc([N+](=O)[O-])cc2)cc1. The van der Waals surface area contributed by atoms with Gasteiger partial charge in [0.2, 0.25) is 10.0 Å². The smallest absolute Gasteiger partial charge is 0.258 e. The summed E-state index contributed by atoms with van der Waals surface area (Å²) in [6, 6.07) is 10.5. The van der Waals surface area contributed by atoms with Gasteiger partial charge in [0.05, 0.1) is 20.1 Å². The molecule has 1 aliphatic heterocycles. The number of rotatable bonds is 5. The Labute approximate surface area is 153 Å². The van der Waals surface area contributed by atoms with Gasteiger partial charge in [0.1, 0.15) is 0 Å². The molecule has 0 amide bonds. The number of nitro groups is 2. The van der Waals surface area contributed by atoms with Gasteiger partial charge in [0, 0.05) is 36.6 Å². The molecule has 0 unspecified atom stereocenters. The molecule has 136 valence electrons. The van der Waals surface area contributed by atoms with Crippen LogP contribution in [-0.2, 0) is 10.0 Å². The van der Waals surface area contributed by atoms with Crippen molar-refractivity contribution >= 4 is 33.2 Å². The van der Waals surface area contributed by atoms with Gasteiger partial charge in [0.25, 0.3) is 11.4 Å². The zero-order valence-electron chi connectivity index (χ0n) is 13.2. The Kier molecular flexibility index (Phi) is 4.94. The van der Waals surface area contributed by atoms with E-state index in [1.165, 1.54) is 40.3 Å². The van der Waals surface area contributed by atoms with E-state index in [1.807, 2.05) is 0 Å². The molecule has 0 bridgehead atoms. The molecule has 1 saturated heterocycles. The molecule has 1 fully saturated rings. The minimum atomic E-state index is -3.85. The fraction of sp³-hybridized carbons (Fsp3) is 0.200. The third kappa shape index (κ3) is 3.41. The van der Waals surface area contributed by atoms with Gasteiger partial charge in [-0.25, -0.2) is 8.42 Å². The number of hydrogen-bond acceptors (Lipinski definition) is 7. The van der Waals surface area contributed by atoms with Gasteiger partial charge < -0.3 is 0 Å². The first kappa shape index (κ1) is 18.3. The Hall–Kier alpha value is -2.50. The van der Waals surface area contributed by atoms with Gasteiger partial charge in [-0.3, -0.25) is 20.2 Å². The van der Waals surface area contributed by atoms with Crippen molar-refractivity contribution in [1.82, 2.24) is 4.31 Å². The van der Waals surface area contributed by atoms with E-state index in [1.54, 1.807) is 12.1 Å². The van der Waals surface area contributed by atoms with Gasteiger partial charge in [-0.05, 0) is 29.8 Å². The maximum absolute atomic E-state index is 12.9. The largest absolute Gasteiger partial charge is 0.269 e. The maximum Gasteiger partial charge on any atom is 0.269 e. The molecule has 3 rings (SSSR count). The van der Waals surface area contributed by atoms with E-state index in [2.05, 4.69) is 0 Å². The van der Waals surface area contributed by atoms with Crippen LogP contribution in [0.1, 0.15) is 10.9 Å². The number of nitrogens with zero attached hydrogens (tertiary/aromatic N) is 3. The molecule has 0 saturated carbocycles. The molecule has 0 radical (unpaired) electrons. The topological polar surface area (TPSA) is 124 Å². The quantitative estimate of drug-likeness (QED) is 0.563. The molecule has 0 N–H and O–H groups in total. The van der Waals surface area contributed by atoms with Crippen LogP contribution in [0, 0.1) is 20.2 Å². The molecular formula is C15H13N3O6S2. The summed E-state index contributed by atoms with van der Waals surface area (Å²) in [6.45, 7) is 0.283. The summed E-state index contributed by atoms with van der Waals surface area (Å²) in [4.78, 5) is 20.3. The zero-order valence-corrected chi connectivity index (χ0v) is 14.9. The van der Waals surface area contributed by atoms with E-state index in [0.717, 1.165) is 12.1 Å². The fourth-order valence-electron chi connectivity index (χ4n) is 2.60. The minimum absolute atomic E-state index is 0.0301. The predicted octanol–water partition coefficient (Wildman–Crippen LogP) is 2.94. The first-order chi connectivity index (χ1) is 12.3. The summed E-state index contributed by atoms with van der Waals surface area (Å²) in [6.07, 6.45) is 0. The molecule has 1 atom stereocenters. The lowest BCUT2D eigenvalue weighted by molar-refractivity contribution is -0.385. The minimum Gasteiger partial charge on any atom is -0.258 e. The van der Waals surface area contributed by atoms with Crippen LogP contribution in [0.4, 0.5) is 11.4 Å².